The summed E-state index contributed by atoms with van der Waals surface area (Å²) in [4.78, 5) is 27.2. The minimum atomic E-state index is -0.324. The maximum Gasteiger partial charge on any atom is 0.348 e. The molecule has 0 saturated heterocycles. The van der Waals surface area contributed by atoms with E-state index in [4.69, 9.17) is 4.74 Å². The molecule has 1 fully saturated rings. The van der Waals surface area contributed by atoms with E-state index < -0.39 is 0 Å². The van der Waals surface area contributed by atoms with Crippen molar-refractivity contribution in [2.45, 2.75) is 65.5 Å². The molecule has 1 N–H and O–H groups in total. The second kappa shape index (κ2) is 8.62. The number of hydrogen-bond acceptors (Lipinski definition) is 5. The molecule has 1 aliphatic carbocycles. The Bertz CT molecular complexity index is 577. The van der Waals surface area contributed by atoms with E-state index in [2.05, 4.69) is 24.1 Å². The molecule has 2 rings (SSSR count). The minimum Gasteiger partial charge on any atom is -0.462 e. The number of amides is 1. The molecule has 0 atom stereocenters. The first-order valence-electron chi connectivity index (χ1n) is 8.75. The number of nitrogens with one attached hydrogen (secondary N) is 1. The Labute approximate surface area is 148 Å². The average molecular weight is 353 g/mol. The van der Waals surface area contributed by atoms with Crippen LogP contribution in [-0.2, 0) is 9.53 Å². The molecule has 24 heavy (non-hydrogen) atoms. The predicted octanol–water partition coefficient (Wildman–Crippen LogP) is 3.82. The van der Waals surface area contributed by atoms with E-state index in [-0.39, 0.29) is 11.9 Å². The molecule has 134 valence electrons. The van der Waals surface area contributed by atoms with Gasteiger partial charge in [0.05, 0.1) is 18.2 Å². The number of anilines is 1. The predicted molar refractivity (Wildman–Crippen MR) is 97.7 cm³/mol. The van der Waals surface area contributed by atoms with Crippen LogP contribution in [0, 0.1) is 6.92 Å². The highest BCUT2D eigenvalue weighted by atomic mass is 32.1. The zero-order valence-corrected chi connectivity index (χ0v) is 15.9. The number of carbonyl (C=O) groups excluding carboxylic acids is 2. The number of rotatable bonds is 7. The van der Waals surface area contributed by atoms with E-state index >= 15 is 0 Å². The van der Waals surface area contributed by atoms with E-state index in [1.165, 1.54) is 37.0 Å². The molecule has 1 aromatic rings. The van der Waals surface area contributed by atoms with Gasteiger partial charge >= 0.3 is 5.97 Å². The Kier molecular flexibility index (Phi) is 6.80. The normalized spacial score (nSPS) is 15.2. The van der Waals surface area contributed by atoms with Gasteiger partial charge in [-0.05, 0) is 52.2 Å². The summed E-state index contributed by atoms with van der Waals surface area (Å²) in [6.45, 7) is 8.67. The maximum absolute atomic E-state index is 12.4. The summed E-state index contributed by atoms with van der Waals surface area (Å²) >= 11 is 1.28. The van der Waals surface area contributed by atoms with Crippen LogP contribution in [0.1, 0.15) is 61.7 Å². The van der Waals surface area contributed by atoms with Crippen LogP contribution in [0.25, 0.3) is 0 Å². The lowest BCUT2D eigenvalue weighted by atomic mass is 10.1. The van der Waals surface area contributed by atoms with E-state index in [9.17, 15) is 9.59 Å². The topological polar surface area (TPSA) is 58.6 Å². The molecule has 0 spiro atoms. The van der Waals surface area contributed by atoms with Gasteiger partial charge < -0.3 is 10.1 Å². The fourth-order valence-electron chi connectivity index (χ4n) is 3.25. The van der Waals surface area contributed by atoms with Crippen molar-refractivity contribution in [3.05, 3.63) is 16.5 Å². The lowest BCUT2D eigenvalue weighted by molar-refractivity contribution is -0.118. The van der Waals surface area contributed by atoms with Crippen LogP contribution in [0.5, 0.6) is 0 Å². The van der Waals surface area contributed by atoms with Crippen molar-refractivity contribution in [2.24, 2.45) is 0 Å². The second-order valence-electron chi connectivity index (χ2n) is 6.60. The maximum atomic E-state index is 12.4. The summed E-state index contributed by atoms with van der Waals surface area (Å²) in [5, 5.41) is 3.64. The number of thiophene rings is 1. The largest absolute Gasteiger partial charge is 0.462 e. The summed E-state index contributed by atoms with van der Waals surface area (Å²) in [5.74, 6) is -0.345. The standard InChI is InChI=1S/C18H28N2O3S/c1-5-23-18(22)17-13(4)10-16(24-17)19-15(21)11-20(12(2)3)14-8-6-7-9-14/h10,12,14H,5-9,11H2,1-4H3,(H,19,21). The molecule has 1 amide bonds. The van der Waals surface area contributed by atoms with Gasteiger partial charge in [0.1, 0.15) is 4.88 Å². The van der Waals surface area contributed by atoms with E-state index in [0.717, 1.165) is 5.56 Å². The zero-order chi connectivity index (χ0) is 17.7. The van der Waals surface area contributed by atoms with Gasteiger partial charge in [0, 0.05) is 12.1 Å². The molecule has 0 unspecified atom stereocenters. The molecule has 1 aromatic heterocycles. The van der Waals surface area contributed by atoms with Crippen LogP contribution in [-0.4, -0.2) is 42.0 Å². The molecular formula is C18H28N2O3S. The third-order valence-electron chi connectivity index (χ3n) is 4.42. The van der Waals surface area contributed by atoms with Crippen LogP contribution in [0.2, 0.25) is 0 Å². The second-order valence-corrected chi connectivity index (χ2v) is 7.65. The molecule has 1 heterocycles. The van der Waals surface area contributed by atoms with Gasteiger partial charge in [0.25, 0.3) is 0 Å². The van der Waals surface area contributed by atoms with Gasteiger partial charge in [0.15, 0.2) is 0 Å². The molecule has 6 heteroatoms. The highest BCUT2D eigenvalue weighted by Gasteiger charge is 2.26. The Balaban J connectivity index is 1.98. The molecule has 5 nitrogen and oxygen atoms in total. The quantitative estimate of drug-likeness (QED) is 0.758. The van der Waals surface area contributed by atoms with Crippen molar-refractivity contribution in [1.29, 1.82) is 0 Å². The molecule has 0 aromatic carbocycles. The summed E-state index contributed by atoms with van der Waals surface area (Å²) in [7, 11) is 0. The summed E-state index contributed by atoms with van der Waals surface area (Å²) in [6, 6.07) is 2.69. The van der Waals surface area contributed by atoms with Crippen molar-refractivity contribution in [1.82, 2.24) is 4.90 Å². The van der Waals surface area contributed by atoms with Crippen LogP contribution in [0.3, 0.4) is 0 Å². The summed E-state index contributed by atoms with van der Waals surface area (Å²) in [6.07, 6.45) is 4.86. The third kappa shape index (κ3) is 4.80. The molecule has 0 bridgehead atoms. The number of aryl methyl sites for hydroxylation is 1. The van der Waals surface area contributed by atoms with Gasteiger partial charge in [-0.1, -0.05) is 12.8 Å². The van der Waals surface area contributed by atoms with Gasteiger partial charge in [-0.2, -0.15) is 0 Å². The molecule has 1 aliphatic rings. The summed E-state index contributed by atoms with van der Waals surface area (Å²) in [5.41, 5.74) is 0.838. The first kappa shape index (κ1) is 18.9. The first-order chi connectivity index (χ1) is 11.4. The van der Waals surface area contributed by atoms with Crippen molar-refractivity contribution in [3.63, 3.8) is 0 Å². The van der Waals surface area contributed by atoms with E-state index in [1.54, 1.807) is 6.92 Å². The van der Waals surface area contributed by atoms with Crippen molar-refractivity contribution < 1.29 is 14.3 Å². The van der Waals surface area contributed by atoms with Crippen LogP contribution >= 0.6 is 11.3 Å². The van der Waals surface area contributed by atoms with Gasteiger partial charge in [-0.25, -0.2) is 4.79 Å². The monoisotopic (exact) mass is 352 g/mol. The zero-order valence-electron chi connectivity index (χ0n) is 15.1. The third-order valence-corrected chi connectivity index (χ3v) is 5.56. The Hall–Kier alpha value is -1.40. The number of carbonyl (C=O) groups is 2. The van der Waals surface area contributed by atoms with Gasteiger partial charge in [-0.15, -0.1) is 11.3 Å². The molecule has 1 saturated carbocycles. The van der Waals surface area contributed by atoms with Crippen molar-refractivity contribution in [2.75, 3.05) is 18.5 Å². The fraction of sp³-hybridized carbons (Fsp3) is 0.667. The number of nitrogens with zero attached hydrogens (tertiary/aromatic N) is 1. The van der Waals surface area contributed by atoms with Crippen LogP contribution in [0.4, 0.5) is 5.00 Å². The molecular weight excluding hydrogens is 324 g/mol. The number of hydrogen-bond donors (Lipinski definition) is 1. The van der Waals surface area contributed by atoms with Crippen LogP contribution in [0.15, 0.2) is 6.07 Å². The van der Waals surface area contributed by atoms with E-state index in [1.807, 2.05) is 13.0 Å². The average Bonchev–Trinajstić information content (AvgIpc) is 3.14. The SMILES string of the molecule is CCOC(=O)c1sc(NC(=O)CN(C(C)C)C2CCCC2)cc1C. The van der Waals surface area contributed by atoms with Gasteiger partial charge in [-0.3, -0.25) is 9.69 Å². The highest BCUT2D eigenvalue weighted by Crippen LogP contribution is 2.28. The molecule has 0 radical (unpaired) electrons. The minimum absolute atomic E-state index is 0.0211. The Morgan fingerprint density at radius 3 is 2.62 bits per heavy atom. The summed E-state index contributed by atoms with van der Waals surface area (Å²) < 4.78 is 5.04. The van der Waals surface area contributed by atoms with E-state index in [0.29, 0.717) is 35.1 Å². The van der Waals surface area contributed by atoms with Crippen molar-refractivity contribution in [3.8, 4) is 0 Å². The fourth-order valence-corrected chi connectivity index (χ4v) is 4.24. The van der Waals surface area contributed by atoms with Gasteiger partial charge in [0.2, 0.25) is 5.91 Å². The number of ether oxygens (including phenoxy) is 1. The lowest BCUT2D eigenvalue weighted by Gasteiger charge is -2.31. The first-order valence-corrected chi connectivity index (χ1v) is 9.57. The number of esters is 1. The van der Waals surface area contributed by atoms with Crippen molar-refractivity contribution >= 4 is 28.2 Å². The van der Waals surface area contributed by atoms with Crippen LogP contribution < -0.4 is 5.32 Å². The smallest absolute Gasteiger partial charge is 0.348 e. The lowest BCUT2D eigenvalue weighted by Crippen LogP contribution is -2.43. The highest BCUT2D eigenvalue weighted by molar-refractivity contribution is 7.18. The Morgan fingerprint density at radius 2 is 2.04 bits per heavy atom. The molecule has 0 aliphatic heterocycles. The Morgan fingerprint density at radius 1 is 1.38 bits per heavy atom.